The Labute approximate surface area is 165 Å². The van der Waals surface area contributed by atoms with Crippen LogP contribution in [-0.4, -0.2) is 20.7 Å². The highest BCUT2D eigenvalue weighted by molar-refractivity contribution is 7.21. The summed E-state index contributed by atoms with van der Waals surface area (Å²) < 4.78 is 42.4. The number of hydrogen-bond donors (Lipinski definition) is 1. The molecule has 0 saturated carbocycles. The number of nitrogens with zero attached hydrogens (tertiary/aromatic N) is 3. The zero-order valence-electron chi connectivity index (χ0n) is 14.7. The van der Waals surface area contributed by atoms with E-state index >= 15 is 0 Å². The average Bonchev–Trinajstić information content (AvgIpc) is 3.32. The lowest BCUT2D eigenvalue weighted by molar-refractivity contribution is -0.136. The van der Waals surface area contributed by atoms with Crippen molar-refractivity contribution >= 4 is 44.5 Å². The first-order valence-electron chi connectivity index (χ1n) is 8.09. The van der Waals surface area contributed by atoms with E-state index in [4.69, 9.17) is 5.73 Å². The zero-order valence-corrected chi connectivity index (χ0v) is 16.3. The van der Waals surface area contributed by atoms with Crippen LogP contribution in [0.4, 0.5) is 18.9 Å². The van der Waals surface area contributed by atoms with Crippen molar-refractivity contribution in [2.75, 3.05) is 5.73 Å². The lowest BCUT2D eigenvalue weighted by atomic mass is 10.1. The second-order valence-electron chi connectivity index (χ2n) is 6.20. The van der Waals surface area contributed by atoms with E-state index < -0.39 is 17.6 Å². The first-order valence-corrected chi connectivity index (χ1v) is 9.78. The summed E-state index contributed by atoms with van der Waals surface area (Å²) in [6, 6.07) is 6.11. The van der Waals surface area contributed by atoms with Gasteiger partial charge in [-0.25, -0.2) is 9.67 Å². The molecule has 4 aromatic rings. The van der Waals surface area contributed by atoms with Crippen LogP contribution in [0.1, 0.15) is 26.6 Å². The van der Waals surface area contributed by atoms with E-state index in [1.807, 2.05) is 0 Å². The van der Waals surface area contributed by atoms with Crippen LogP contribution in [0.15, 0.2) is 29.6 Å². The van der Waals surface area contributed by atoms with Crippen molar-refractivity contribution in [3.63, 3.8) is 0 Å². The molecule has 4 rings (SSSR count). The van der Waals surface area contributed by atoms with Gasteiger partial charge in [-0.1, -0.05) is 6.07 Å². The Morgan fingerprint density at radius 1 is 1.25 bits per heavy atom. The molecular formula is C18H13F3N4OS2. The van der Waals surface area contributed by atoms with Gasteiger partial charge in [0.2, 0.25) is 0 Å². The highest BCUT2D eigenvalue weighted by atomic mass is 32.1. The minimum atomic E-state index is -4.64. The molecule has 5 nitrogen and oxygen atoms in total. The Kier molecular flexibility index (Phi) is 4.27. The van der Waals surface area contributed by atoms with Crippen molar-refractivity contribution in [3.05, 3.63) is 51.5 Å². The van der Waals surface area contributed by atoms with Crippen LogP contribution in [0.25, 0.3) is 20.8 Å². The molecule has 0 amide bonds. The predicted molar refractivity (Wildman–Crippen MR) is 104 cm³/mol. The van der Waals surface area contributed by atoms with Crippen molar-refractivity contribution in [2.24, 2.45) is 0 Å². The van der Waals surface area contributed by atoms with Crippen LogP contribution in [0.3, 0.4) is 0 Å². The summed E-state index contributed by atoms with van der Waals surface area (Å²) >= 11 is 2.13. The third kappa shape index (κ3) is 2.98. The molecule has 0 atom stereocenters. The van der Waals surface area contributed by atoms with E-state index in [0.717, 1.165) is 22.1 Å². The van der Waals surface area contributed by atoms with Crippen LogP contribution in [0.5, 0.6) is 0 Å². The summed E-state index contributed by atoms with van der Waals surface area (Å²) in [7, 11) is 0. The maximum atomic E-state index is 13.7. The molecule has 0 aliphatic carbocycles. The predicted octanol–water partition coefficient (Wildman–Crippen LogP) is 5.13. The smallest absolute Gasteiger partial charge is 0.397 e. The number of alkyl halides is 3. The summed E-state index contributed by atoms with van der Waals surface area (Å²) in [5.74, 6) is -0.572. The van der Waals surface area contributed by atoms with Crippen molar-refractivity contribution in [1.82, 2.24) is 14.8 Å². The maximum absolute atomic E-state index is 13.7. The number of nitrogen functional groups attached to an aromatic ring is 1. The van der Waals surface area contributed by atoms with Gasteiger partial charge in [-0.05, 0) is 37.4 Å². The maximum Gasteiger partial charge on any atom is 0.417 e. The number of carbonyl (C=O) groups excluding carboxylic acids is 1. The minimum absolute atomic E-state index is 0.0115. The summed E-state index contributed by atoms with van der Waals surface area (Å²) in [6.07, 6.45) is -4.64. The molecule has 0 radical (unpaired) electrons. The number of fused-ring (bicyclic) bond motifs is 1. The van der Waals surface area contributed by atoms with Crippen LogP contribution in [0.2, 0.25) is 0 Å². The Morgan fingerprint density at radius 2 is 2.00 bits per heavy atom. The Bertz CT molecular complexity index is 1210. The number of aromatic nitrogens is 3. The SMILES string of the molecule is Cc1cc(C)n(C(=O)c2sc3nc(-c4cccs4)cc(C(F)(F)F)c3c2N)n1. The number of hydrogen-bond acceptors (Lipinski definition) is 6. The Hall–Kier alpha value is -2.72. The van der Waals surface area contributed by atoms with Crippen molar-refractivity contribution in [1.29, 1.82) is 0 Å². The molecule has 144 valence electrons. The minimum Gasteiger partial charge on any atom is -0.397 e. The van der Waals surface area contributed by atoms with Crippen LogP contribution in [-0.2, 0) is 6.18 Å². The first-order chi connectivity index (χ1) is 13.2. The number of thiophene rings is 2. The fourth-order valence-corrected chi connectivity index (χ4v) is 4.72. The van der Waals surface area contributed by atoms with Gasteiger partial charge in [0, 0.05) is 11.1 Å². The second kappa shape index (κ2) is 6.42. The normalized spacial score (nSPS) is 12.0. The molecule has 10 heteroatoms. The molecule has 0 fully saturated rings. The van der Waals surface area contributed by atoms with Crippen molar-refractivity contribution in [3.8, 4) is 10.6 Å². The van der Waals surface area contributed by atoms with Gasteiger partial charge in [-0.15, -0.1) is 22.7 Å². The second-order valence-corrected chi connectivity index (χ2v) is 8.15. The fourth-order valence-electron chi connectivity index (χ4n) is 2.98. The van der Waals surface area contributed by atoms with Crippen LogP contribution in [0, 0.1) is 13.8 Å². The molecule has 0 aliphatic heterocycles. The average molecular weight is 422 g/mol. The number of aryl methyl sites for hydroxylation is 2. The van der Waals surface area contributed by atoms with Crippen molar-refractivity contribution < 1.29 is 18.0 Å². The number of anilines is 1. The van der Waals surface area contributed by atoms with E-state index in [-0.39, 0.29) is 26.5 Å². The molecule has 2 N–H and O–H groups in total. The summed E-state index contributed by atoms with van der Waals surface area (Å²) in [4.78, 5) is 17.9. The van der Waals surface area contributed by atoms with Crippen LogP contribution < -0.4 is 5.73 Å². The van der Waals surface area contributed by atoms with E-state index in [0.29, 0.717) is 16.3 Å². The van der Waals surface area contributed by atoms with Gasteiger partial charge in [-0.2, -0.15) is 18.3 Å². The van der Waals surface area contributed by atoms with E-state index in [9.17, 15) is 18.0 Å². The topological polar surface area (TPSA) is 73.8 Å². The lowest BCUT2D eigenvalue weighted by Crippen LogP contribution is -2.15. The van der Waals surface area contributed by atoms with Crippen molar-refractivity contribution in [2.45, 2.75) is 20.0 Å². The van der Waals surface area contributed by atoms with Gasteiger partial charge >= 0.3 is 6.18 Å². The summed E-state index contributed by atoms with van der Waals surface area (Å²) in [5.41, 5.74) is 6.28. The molecule has 0 aliphatic rings. The molecule has 0 spiro atoms. The Balaban J connectivity index is 1.97. The van der Waals surface area contributed by atoms with Gasteiger partial charge < -0.3 is 5.73 Å². The first kappa shape index (κ1) is 18.6. The monoisotopic (exact) mass is 422 g/mol. The largest absolute Gasteiger partial charge is 0.417 e. The number of nitrogens with two attached hydrogens (primary N) is 1. The fraction of sp³-hybridized carbons (Fsp3) is 0.167. The molecule has 0 saturated heterocycles. The molecule has 0 unspecified atom stereocenters. The van der Waals surface area contributed by atoms with Gasteiger partial charge in [0.15, 0.2) is 0 Å². The van der Waals surface area contributed by atoms with E-state index in [2.05, 4.69) is 10.1 Å². The number of carbonyl (C=O) groups is 1. The van der Waals surface area contributed by atoms with Crippen LogP contribution >= 0.6 is 22.7 Å². The lowest BCUT2D eigenvalue weighted by Gasteiger charge is -2.10. The quantitative estimate of drug-likeness (QED) is 0.486. The molecule has 28 heavy (non-hydrogen) atoms. The Morgan fingerprint density at radius 3 is 2.57 bits per heavy atom. The summed E-state index contributed by atoms with van der Waals surface area (Å²) in [6.45, 7) is 3.41. The number of halogens is 3. The zero-order chi connectivity index (χ0) is 20.2. The van der Waals surface area contributed by atoms with Gasteiger partial charge in [0.05, 0.1) is 27.5 Å². The third-order valence-corrected chi connectivity index (χ3v) is 6.15. The van der Waals surface area contributed by atoms with E-state index in [1.54, 1.807) is 37.4 Å². The van der Waals surface area contributed by atoms with E-state index in [1.165, 1.54) is 11.3 Å². The van der Waals surface area contributed by atoms with Gasteiger partial charge in [-0.3, -0.25) is 4.79 Å². The molecule has 0 bridgehead atoms. The number of pyridine rings is 1. The standard InChI is InChI=1S/C18H13F3N4OS2/c1-8-6-9(2)25(24-8)17(26)15-14(22)13-10(18(19,20)21)7-11(23-16(13)28-15)12-4-3-5-27-12/h3-7H,22H2,1-2H3. The molecular weight excluding hydrogens is 409 g/mol. The van der Waals surface area contributed by atoms with Gasteiger partial charge in [0.1, 0.15) is 9.71 Å². The highest BCUT2D eigenvalue weighted by Crippen LogP contribution is 2.44. The van der Waals surface area contributed by atoms with Gasteiger partial charge in [0.25, 0.3) is 5.91 Å². The molecule has 4 heterocycles. The molecule has 4 aromatic heterocycles. The summed E-state index contributed by atoms with van der Waals surface area (Å²) in [5, 5.41) is 5.62. The highest BCUT2D eigenvalue weighted by Gasteiger charge is 2.36. The third-order valence-electron chi connectivity index (χ3n) is 4.17. The number of rotatable bonds is 2. The molecule has 0 aromatic carbocycles.